The molecule has 1 aromatic rings. The summed E-state index contributed by atoms with van der Waals surface area (Å²) in [5.41, 5.74) is 0.125. The van der Waals surface area contributed by atoms with Crippen molar-refractivity contribution in [2.24, 2.45) is 11.1 Å². The number of primary sulfonamides is 1. The van der Waals surface area contributed by atoms with Crippen molar-refractivity contribution < 1.29 is 13.2 Å². The van der Waals surface area contributed by atoms with Crippen LogP contribution in [0.2, 0.25) is 10.0 Å². The summed E-state index contributed by atoms with van der Waals surface area (Å²) >= 11 is 11.7. The number of hydrogen-bond donors (Lipinski definition) is 2. The highest BCUT2D eigenvalue weighted by atomic mass is 35.5. The standard InChI is InChI=1S/C13H16Cl2N2O3S/c1-7(8-3-2-4-8)17-13(18)9-5-10(14)12(15)11(6-9)21(16,19)20/h5-8H,2-4H2,1H3,(H,17,18)(H2,16,19,20). The number of carbonyl (C=O) groups excluding carboxylic acids is 1. The van der Waals surface area contributed by atoms with Crippen molar-refractivity contribution in [3.05, 3.63) is 27.7 Å². The van der Waals surface area contributed by atoms with Gasteiger partial charge in [0.25, 0.3) is 5.91 Å². The predicted octanol–water partition coefficient (Wildman–Crippen LogP) is 2.56. The number of carbonyl (C=O) groups is 1. The molecule has 21 heavy (non-hydrogen) atoms. The van der Waals surface area contributed by atoms with Crippen LogP contribution in [0.1, 0.15) is 36.5 Å². The lowest BCUT2D eigenvalue weighted by Gasteiger charge is -2.31. The van der Waals surface area contributed by atoms with Crippen LogP contribution in [-0.4, -0.2) is 20.4 Å². The van der Waals surface area contributed by atoms with Gasteiger partial charge in [-0.15, -0.1) is 0 Å². The summed E-state index contributed by atoms with van der Waals surface area (Å²) in [7, 11) is -4.05. The van der Waals surface area contributed by atoms with Crippen LogP contribution in [0, 0.1) is 5.92 Å². The molecule has 0 saturated heterocycles. The molecular formula is C13H16Cl2N2O3S. The van der Waals surface area contributed by atoms with Crippen LogP contribution in [0.15, 0.2) is 17.0 Å². The number of rotatable bonds is 4. The Morgan fingerprint density at radius 1 is 1.38 bits per heavy atom. The summed E-state index contributed by atoms with van der Waals surface area (Å²) < 4.78 is 22.9. The Bertz CT molecular complexity index is 672. The number of amides is 1. The van der Waals surface area contributed by atoms with Crippen molar-refractivity contribution in [2.75, 3.05) is 0 Å². The first-order chi connectivity index (χ1) is 9.70. The highest BCUT2D eigenvalue weighted by molar-refractivity contribution is 7.89. The van der Waals surface area contributed by atoms with Crippen molar-refractivity contribution >= 4 is 39.1 Å². The van der Waals surface area contributed by atoms with Gasteiger partial charge in [-0.3, -0.25) is 4.79 Å². The molecule has 1 aromatic carbocycles. The maximum Gasteiger partial charge on any atom is 0.251 e. The van der Waals surface area contributed by atoms with E-state index < -0.39 is 15.9 Å². The minimum Gasteiger partial charge on any atom is -0.349 e. The van der Waals surface area contributed by atoms with Gasteiger partial charge in [-0.2, -0.15) is 0 Å². The molecule has 0 bridgehead atoms. The third-order valence-electron chi connectivity index (χ3n) is 3.78. The summed E-state index contributed by atoms with van der Waals surface area (Å²) in [6, 6.07) is 2.51. The molecule has 1 saturated carbocycles. The van der Waals surface area contributed by atoms with E-state index >= 15 is 0 Å². The topological polar surface area (TPSA) is 89.3 Å². The Hall–Kier alpha value is -0.820. The Morgan fingerprint density at radius 3 is 2.48 bits per heavy atom. The van der Waals surface area contributed by atoms with Crippen molar-refractivity contribution in [3.63, 3.8) is 0 Å². The zero-order valence-electron chi connectivity index (χ0n) is 11.4. The lowest BCUT2D eigenvalue weighted by molar-refractivity contribution is 0.0909. The van der Waals surface area contributed by atoms with Crippen LogP contribution in [0.25, 0.3) is 0 Å². The summed E-state index contributed by atoms with van der Waals surface area (Å²) in [4.78, 5) is 11.8. The van der Waals surface area contributed by atoms with Gasteiger partial charge < -0.3 is 5.32 Å². The second-order valence-electron chi connectivity index (χ2n) is 5.27. The first-order valence-electron chi connectivity index (χ1n) is 6.53. The van der Waals surface area contributed by atoms with Crippen LogP contribution in [-0.2, 0) is 10.0 Å². The van der Waals surface area contributed by atoms with Gasteiger partial charge in [0.1, 0.15) is 4.90 Å². The molecular weight excluding hydrogens is 335 g/mol. The molecule has 1 aliphatic carbocycles. The first-order valence-corrected chi connectivity index (χ1v) is 8.83. The Kier molecular flexibility index (Phi) is 4.82. The van der Waals surface area contributed by atoms with E-state index in [0.717, 1.165) is 18.9 Å². The largest absolute Gasteiger partial charge is 0.349 e. The smallest absolute Gasteiger partial charge is 0.251 e. The molecule has 0 spiro atoms. The molecule has 1 fully saturated rings. The van der Waals surface area contributed by atoms with Gasteiger partial charge in [0, 0.05) is 11.6 Å². The minimum atomic E-state index is -4.05. The van der Waals surface area contributed by atoms with Gasteiger partial charge in [-0.1, -0.05) is 29.6 Å². The Morgan fingerprint density at radius 2 is 2.00 bits per heavy atom. The number of benzene rings is 1. The lowest BCUT2D eigenvalue weighted by atomic mass is 9.80. The van der Waals surface area contributed by atoms with Gasteiger partial charge in [-0.25, -0.2) is 13.6 Å². The molecule has 2 rings (SSSR count). The lowest BCUT2D eigenvalue weighted by Crippen LogP contribution is -2.40. The number of hydrogen-bond acceptors (Lipinski definition) is 3. The molecule has 3 N–H and O–H groups in total. The molecule has 1 unspecified atom stereocenters. The Balaban J connectivity index is 2.27. The van der Waals surface area contributed by atoms with Gasteiger partial charge in [0.2, 0.25) is 10.0 Å². The molecule has 0 aromatic heterocycles. The van der Waals surface area contributed by atoms with Crippen molar-refractivity contribution in [3.8, 4) is 0 Å². The van der Waals surface area contributed by atoms with E-state index in [9.17, 15) is 13.2 Å². The van der Waals surface area contributed by atoms with Crippen LogP contribution < -0.4 is 10.5 Å². The maximum atomic E-state index is 12.2. The highest BCUT2D eigenvalue weighted by Crippen LogP contribution is 2.31. The van der Waals surface area contributed by atoms with Crippen molar-refractivity contribution in [2.45, 2.75) is 37.1 Å². The third-order valence-corrected chi connectivity index (χ3v) is 5.63. The van der Waals surface area contributed by atoms with E-state index in [1.54, 1.807) is 0 Å². The molecule has 1 atom stereocenters. The van der Waals surface area contributed by atoms with E-state index in [-0.39, 0.29) is 26.5 Å². The molecule has 116 valence electrons. The van der Waals surface area contributed by atoms with Gasteiger partial charge in [-0.05, 0) is 37.8 Å². The Labute approximate surface area is 133 Å². The first kappa shape index (κ1) is 16.5. The summed E-state index contributed by atoms with van der Waals surface area (Å²) in [6.07, 6.45) is 3.35. The second-order valence-corrected chi connectivity index (χ2v) is 7.58. The number of sulfonamides is 1. The molecule has 1 aliphatic rings. The second kappa shape index (κ2) is 6.12. The zero-order valence-corrected chi connectivity index (χ0v) is 13.7. The van der Waals surface area contributed by atoms with Gasteiger partial charge in [0.05, 0.1) is 10.0 Å². The molecule has 0 aliphatic heterocycles. The van der Waals surface area contributed by atoms with Crippen LogP contribution >= 0.6 is 23.2 Å². The minimum absolute atomic E-state index is 0.0235. The quantitative estimate of drug-likeness (QED) is 0.874. The monoisotopic (exact) mass is 350 g/mol. The zero-order chi connectivity index (χ0) is 15.8. The SMILES string of the molecule is CC(NC(=O)c1cc(Cl)c(Cl)c(S(N)(=O)=O)c1)C1CCC1. The summed E-state index contributed by atoms with van der Waals surface area (Å²) in [6.45, 7) is 1.93. The van der Waals surface area contributed by atoms with Gasteiger partial charge in [0.15, 0.2) is 0 Å². The number of nitrogens with one attached hydrogen (secondary N) is 1. The van der Waals surface area contributed by atoms with E-state index in [4.69, 9.17) is 28.3 Å². The summed E-state index contributed by atoms with van der Waals surface area (Å²) in [5, 5.41) is 7.72. The van der Waals surface area contributed by atoms with E-state index in [1.165, 1.54) is 12.5 Å². The van der Waals surface area contributed by atoms with Crippen molar-refractivity contribution in [1.29, 1.82) is 0 Å². The van der Waals surface area contributed by atoms with E-state index in [1.807, 2.05) is 6.92 Å². The maximum absolute atomic E-state index is 12.2. The van der Waals surface area contributed by atoms with Crippen LogP contribution in [0.5, 0.6) is 0 Å². The molecule has 0 heterocycles. The summed E-state index contributed by atoms with van der Waals surface area (Å²) in [5.74, 6) is 0.0762. The van der Waals surface area contributed by atoms with Crippen LogP contribution in [0.4, 0.5) is 0 Å². The van der Waals surface area contributed by atoms with Crippen molar-refractivity contribution in [1.82, 2.24) is 5.32 Å². The fraction of sp³-hybridized carbons (Fsp3) is 0.462. The molecule has 1 amide bonds. The number of nitrogens with two attached hydrogens (primary N) is 1. The fourth-order valence-electron chi connectivity index (χ4n) is 2.25. The third kappa shape index (κ3) is 3.69. The van der Waals surface area contributed by atoms with E-state index in [0.29, 0.717) is 5.92 Å². The van der Waals surface area contributed by atoms with E-state index in [2.05, 4.69) is 5.32 Å². The average Bonchev–Trinajstić information content (AvgIpc) is 2.28. The van der Waals surface area contributed by atoms with Crippen LogP contribution in [0.3, 0.4) is 0 Å². The predicted molar refractivity (Wildman–Crippen MR) is 82.1 cm³/mol. The number of halogens is 2. The van der Waals surface area contributed by atoms with Gasteiger partial charge >= 0.3 is 0 Å². The average molecular weight is 351 g/mol. The molecule has 8 heteroatoms. The fourth-order valence-corrected chi connectivity index (χ4v) is 3.61. The highest BCUT2D eigenvalue weighted by Gasteiger charge is 2.26. The normalized spacial score (nSPS) is 17.1. The molecule has 5 nitrogen and oxygen atoms in total. The molecule has 0 radical (unpaired) electrons.